The Morgan fingerprint density at radius 3 is 3.00 bits per heavy atom. The van der Waals surface area contributed by atoms with Crippen molar-refractivity contribution >= 4 is 5.97 Å². The Balaban J connectivity index is 1.68. The molecular formula is C17H23NO2. The lowest BCUT2D eigenvalue weighted by Crippen LogP contribution is -2.44. The van der Waals surface area contributed by atoms with Crippen LogP contribution in [0, 0.1) is 5.92 Å². The molecule has 1 fully saturated rings. The van der Waals surface area contributed by atoms with E-state index in [2.05, 4.69) is 30.4 Å². The van der Waals surface area contributed by atoms with Crippen molar-refractivity contribution in [3.05, 3.63) is 35.4 Å². The summed E-state index contributed by atoms with van der Waals surface area (Å²) >= 11 is 0. The summed E-state index contributed by atoms with van der Waals surface area (Å²) in [7, 11) is 0. The highest BCUT2D eigenvalue weighted by Gasteiger charge is 2.29. The molecule has 1 aromatic rings. The van der Waals surface area contributed by atoms with Crippen LogP contribution >= 0.6 is 0 Å². The van der Waals surface area contributed by atoms with Gasteiger partial charge in [0.25, 0.3) is 0 Å². The van der Waals surface area contributed by atoms with E-state index in [0.29, 0.717) is 5.92 Å². The topological polar surface area (TPSA) is 38.3 Å². The summed E-state index contributed by atoms with van der Waals surface area (Å²) in [5, 5.41) is 3.29. The number of hydrogen-bond donors (Lipinski definition) is 1. The number of carbonyl (C=O) groups is 1. The molecule has 0 spiro atoms. The number of rotatable bonds is 2. The predicted molar refractivity (Wildman–Crippen MR) is 78.4 cm³/mol. The van der Waals surface area contributed by atoms with E-state index in [4.69, 9.17) is 4.74 Å². The first kappa shape index (κ1) is 13.6. The summed E-state index contributed by atoms with van der Waals surface area (Å²) in [5.74, 6) is 0.533. The predicted octanol–water partition coefficient (Wildman–Crippen LogP) is 3.00. The van der Waals surface area contributed by atoms with E-state index >= 15 is 0 Å². The maximum absolute atomic E-state index is 12.3. The van der Waals surface area contributed by atoms with Crippen LogP contribution in [0.2, 0.25) is 0 Å². The molecule has 0 amide bonds. The van der Waals surface area contributed by atoms with Crippen molar-refractivity contribution in [3.8, 4) is 0 Å². The Kier molecular flexibility index (Phi) is 4.06. The highest BCUT2D eigenvalue weighted by atomic mass is 16.5. The number of nitrogens with one attached hydrogen (secondary N) is 1. The first-order chi connectivity index (χ1) is 9.74. The number of fused-ring (bicyclic) bond motifs is 1. The van der Waals surface area contributed by atoms with Gasteiger partial charge in [-0.3, -0.25) is 4.79 Å². The van der Waals surface area contributed by atoms with Crippen molar-refractivity contribution < 1.29 is 9.53 Å². The van der Waals surface area contributed by atoms with Crippen LogP contribution in [0.1, 0.15) is 49.8 Å². The average molecular weight is 273 g/mol. The van der Waals surface area contributed by atoms with Gasteiger partial charge in [-0.15, -0.1) is 0 Å². The van der Waals surface area contributed by atoms with Crippen LogP contribution in [0.3, 0.4) is 0 Å². The molecule has 1 heterocycles. The Labute approximate surface area is 120 Å². The van der Waals surface area contributed by atoms with Gasteiger partial charge in [-0.2, -0.15) is 0 Å². The van der Waals surface area contributed by atoms with Gasteiger partial charge in [0.05, 0.1) is 0 Å². The molecule has 3 rings (SSSR count). The number of carbonyl (C=O) groups excluding carboxylic acids is 1. The Hall–Kier alpha value is -1.35. The van der Waals surface area contributed by atoms with Crippen LogP contribution in [0.5, 0.6) is 0 Å². The fourth-order valence-corrected chi connectivity index (χ4v) is 3.34. The minimum absolute atomic E-state index is 0.0496. The number of aryl methyl sites for hydroxylation is 1. The summed E-state index contributed by atoms with van der Waals surface area (Å²) in [5.41, 5.74) is 2.54. The number of piperidine rings is 1. The monoisotopic (exact) mass is 273 g/mol. The van der Waals surface area contributed by atoms with E-state index in [-0.39, 0.29) is 18.1 Å². The molecule has 0 saturated carbocycles. The summed E-state index contributed by atoms with van der Waals surface area (Å²) in [4.78, 5) is 12.3. The minimum atomic E-state index is -0.118. The summed E-state index contributed by atoms with van der Waals surface area (Å²) in [6, 6.07) is 8.23. The molecule has 1 aromatic carbocycles. The van der Waals surface area contributed by atoms with Gasteiger partial charge in [-0.1, -0.05) is 31.2 Å². The SMILES string of the molecule is CC1CCNC(C(=O)OC2CCCc3ccccc32)C1. The Morgan fingerprint density at radius 2 is 2.15 bits per heavy atom. The second-order valence-corrected chi connectivity index (χ2v) is 6.15. The van der Waals surface area contributed by atoms with Crippen molar-refractivity contribution in [2.24, 2.45) is 5.92 Å². The van der Waals surface area contributed by atoms with E-state index in [1.54, 1.807) is 0 Å². The van der Waals surface area contributed by atoms with Crippen LogP contribution in [0.15, 0.2) is 24.3 Å². The molecule has 20 heavy (non-hydrogen) atoms. The lowest BCUT2D eigenvalue weighted by atomic mass is 9.89. The summed E-state index contributed by atoms with van der Waals surface area (Å²) < 4.78 is 5.80. The minimum Gasteiger partial charge on any atom is -0.456 e. The van der Waals surface area contributed by atoms with Gasteiger partial charge in [0.2, 0.25) is 0 Å². The molecule has 108 valence electrons. The van der Waals surface area contributed by atoms with E-state index in [9.17, 15) is 4.79 Å². The zero-order valence-electron chi connectivity index (χ0n) is 12.1. The van der Waals surface area contributed by atoms with E-state index in [0.717, 1.165) is 38.6 Å². The molecule has 0 bridgehead atoms. The van der Waals surface area contributed by atoms with Gasteiger partial charge >= 0.3 is 5.97 Å². The van der Waals surface area contributed by atoms with Crippen LogP contribution in [-0.4, -0.2) is 18.6 Å². The number of esters is 1. The third-order valence-electron chi connectivity index (χ3n) is 4.52. The van der Waals surface area contributed by atoms with E-state index < -0.39 is 0 Å². The quantitative estimate of drug-likeness (QED) is 0.842. The molecule has 2 aliphatic rings. The van der Waals surface area contributed by atoms with Crippen molar-refractivity contribution in [2.75, 3.05) is 6.54 Å². The maximum Gasteiger partial charge on any atom is 0.323 e. The molecule has 0 aromatic heterocycles. The van der Waals surface area contributed by atoms with Gasteiger partial charge < -0.3 is 10.1 Å². The summed E-state index contributed by atoms with van der Waals surface area (Å²) in [6.07, 6.45) is 5.15. The molecule has 1 aliphatic carbocycles. The maximum atomic E-state index is 12.3. The lowest BCUT2D eigenvalue weighted by molar-refractivity contribution is -0.153. The van der Waals surface area contributed by atoms with Gasteiger partial charge in [0, 0.05) is 0 Å². The molecule has 3 atom stereocenters. The van der Waals surface area contributed by atoms with Gasteiger partial charge in [-0.25, -0.2) is 0 Å². The zero-order chi connectivity index (χ0) is 13.9. The Bertz CT molecular complexity index is 486. The molecule has 1 saturated heterocycles. The highest BCUT2D eigenvalue weighted by molar-refractivity contribution is 5.76. The van der Waals surface area contributed by atoms with Gasteiger partial charge in [0.15, 0.2) is 0 Å². The van der Waals surface area contributed by atoms with Crippen molar-refractivity contribution in [2.45, 2.75) is 51.2 Å². The smallest absolute Gasteiger partial charge is 0.323 e. The van der Waals surface area contributed by atoms with E-state index in [1.165, 1.54) is 11.1 Å². The van der Waals surface area contributed by atoms with Gasteiger partial charge in [-0.05, 0) is 55.7 Å². The van der Waals surface area contributed by atoms with Crippen molar-refractivity contribution in [1.82, 2.24) is 5.32 Å². The second-order valence-electron chi connectivity index (χ2n) is 6.15. The molecular weight excluding hydrogens is 250 g/mol. The number of hydrogen-bond acceptors (Lipinski definition) is 3. The highest BCUT2D eigenvalue weighted by Crippen LogP contribution is 2.33. The van der Waals surface area contributed by atoms with Crippen molar-refractivity contribution in [3.63, 3.8) is 0 Å². The Morgan fingerprint density at radius 1 is 1.30 bits per heavy atom. The van der Waals surface area contributed by atoms with Crippen LogP contribution in [0.25, 0.3) is 0 Å². The molecule has 3 unspecified atom stereocenters. The number of ether oxygens (including phenoxy) is 1. The van der Waals surface area contributed by atoms with Gasteiger partial charge in [0.1, 0.15) is 12.1 Å². The lowest BCUT2D eigenvalue weighted by Gasteiger charge is -2.30. The zero-order valence-corrected chi connectivity index (χ0v) is 12.1. The van der Waals surface area contributed by atoms with Crippen LogP contribution < -0.4 is 5.32 Å². The number of benzene rings is 1. The van der Waals surface area contributed by atoms with Crippen LogP contribution in [-0.2, 0) is 16.0 Å². The molecule has 0 radical (unpaired) electrons. The second kappa shape index (κ2) is 5.96. The fraction of sp³-hybridized carbons (Fsp3) is 0.588. The first-order valence-electron chi connectivity index (χ1n) is 7.75. The standard InChI is InChI=1S/C17H23NO2/c1-12-9-10-18-15(11-12)17(19)20-16-8-4-6-13-5-2-3-7-14(13)16/h2-3,5,7,12,15-16,18H,4,6,8-11H2,1H3. The first-order valence-corrected chi connectivity index (χ1v) is 7.75. The van der Waals surface area contributed by atoms with E-state index in [1.807, 2.05) is 6.07 Å². The largest absolute Gasteiger partial charge is 0.456 e. The third kappa shape index (κ3) is 2.88. The molecule has 1 aliphatic heterocycles. The molecule has 1 N–H and O–H groups in total. The normalized spacial score (nSPS) is 29.6. The van der Waals surface area contributed by atoms with Crippen molar-refractivity contribution in [1.29, 1.82) is 0 Å². The third-order valence-corrected chi connectivity index (χ3v) is 4.52. The molecule has 3 heteroatoms. The molecule has 3 nitrogen and oxygen atoms in total. The van der Waals surface area contributed by atoms with Crippen LogP contribution in [0.4, 0.5) is 0 Å². The fourth-order valence-electron chi connectivity index (χ4n) is 3.34. The average Bonchev–Trinajstić information content (AvgIpc) is 2.47. The summed E-state index contributed by atoms with van der Waals surface area (Å²) in [6.45, 7) is 3.12.